The Bertz CT molecular complexity index is 212. The van der Waals surface area contributed by atoms with Crippen molar-refractivity contribution in [2.75, 3.05) is 33.7 Å². The van der Waals surface area contributed by atoms with E-state index in [0.717, 1.165) is 13.1 Å². The highest BCUT2D eigenvalue weighted by Crippen LogP contribution is 1.95. The van der Waals surface area contributed by atoms with Gasteiger partial charge in [0.05, 0.1) is 39.9 Å². The van der Waals surface area contributed by atoms with Gasteiger partial charge < -0.3 is 5.32 Å². The number of hydrogen-bond acceptors (Lipinski definition) is 0. The first-order chi connectivity index (χ1) is 8.24. The first-order valence-corrected chi connectivity index (χ1v) is 6.96. The van der Waals surface area contributed by atoms with Crippen LogP contribution in [0.4, 0.5) is 0 Å². The lowest BCUT2D eigenvalue weighted by Crippen LogP contribution is -2.79. The minimum absolute atomic E-state index is 1.08. The Balaban J connectivity index is 3.76. The van der Waals surface area contributed by atoms with E-state index in [1.165, 1.54) is 38.6 Å². The predicted octanol–water partition coefficient (Wildman–Crippen LogP) is 1.27. The molecule has 0 unspecified atom stereocenters. The smallest absolute Gasteiger partial charge is 0.238 e. The minimum atomic E-state index is 1.08. The van der Waals surface area contributed by atoms with Crippen LogP contribution in [0.1, 0.15) is 39.0 Å². The van der Waals surface area contributed by atoms with Gasteiger partial charge in [-0.25, -0.2) is 4.90 Å². The molecule has 0 aliphatic carbocycles. The molecule has 3 heteroatoms. The standard InChI is InChI=1S/C14H30N3/c1-5-7-13-17(6-2)14-16(4)12-10-8-9-11-15-3/h6,14-15H,2,5,7-13H2,1,3-4H3/q+1/p+1. The van der Waals surface area contributed by atoms with E-state index in [1.807, 2.05) is 6.20 Å². The topological polar surface area (TPSA) is 22.9 Å². The van der Waals surface area contributed by atoms with Crippen LogP contribution in [0, 0.1) is 0 Å². The molecule has 0 aromatic rings. The van der Waals surface area contributed by atoms with Gasteiger partial charge in [0.1, 0.15) is 0 Å². The van der Waals surface area contributed by atoms with Crippen molar-refractivity contribution in [3.05, 3.63) is 12.8 Å². The zero-order chi connectivity index (χ0) is 12.9. The van der Waals surface area contributed by atoms with Crippen molar-refractivity contribution in [2.45, 2.75) is 39.0 Å². The van der Waals surface area contributed by atoms with Gasteiger partial charge in [-0.1, -0.05) is 19.9 Å². The largest absolute Gasteiger partial charge is 0.349 e. The van der Waals surface area contributed by atoms with Crippen LogP contribution in [-0.4, -0.2) is 49.5 Å². The highest BCUT2D eigenvalue weighted by atomic mass is 15.2. The van der Waals surface area contributed by atoms with E-state index < -0.39 is 0 Å². The lowest BCUT2D eigenvalue weighted by Gasteiger charge is -2.09. The number of nitrogens with two attached hydrogens (primary N) is 1. The van der Waals surface area contributed by atoms with Crippen molar-refractivity contribution in [3.63, 3.8) is 0 Å². The Morgan fingerprint density at radius 3 is 2.59 bits per heavy atom. The second-order valence-corrected chi connectivity index (χ2v) is 4.63. The molecule has 0 fully saturated rings. The molecule has 3 nitrogen and oxygen atoms in total. The maximum Gasteiger partial charge on any atom is 0.238 e. The molecule has 0 aromatic carbocycles. The number of rotatable bonds is 11. The van der Waals surface area contributed by atoms with Crippen molar-refractivity contribution in [2.24, 2.45) is 0 Å². The van der Waals surface area contributed by atoms with Crippen LogP contribution in [0.25, 0.3) is 0 Å². The molecule has 0 aliphatic heterocycles. The molecule has 0 amide bonds. The predicted molar refractivity (Wildman–Crippen MR) is 75.5 cm³/mol. The van der Waals surface area contributed by atoms with E-state index in [1.54, 1.807) is 0 Å². The summed E-state index contributed by atoms with van der Waals surface area (Å²) in [6, 6.07) is 0. The molecule has 0 heterocycles. The van der Waals surface area contributed by atoms with Crippen LogP contribution < -0.4 is 5.32 Å². The zero-order valence-corrected chi connectivity index (χ0v) is 12.0. The fraction of sp³-hybridized carbons (Fsp3) is 0.786. The summed E-state index contributed by atoms with van der Waals surface area (Å²) in [7, 11) is 4.28. The van der Waals surface area contributed by atoms with Gasteiger partial charge in [0.2, 0.25) is 6.34 Å². The van der Waals surface area contributed by atoms with Crippen molar-refractivity contribution in [1.82, 2.24) is 4.90 Å². The summed E-state index contributed by atoms with van der Waals surface area (Å²) < 4.78 is 2.27. The molecule has 0 saturated carbocycles. The van der Waals surface area contributed by atoms with E-state index in [0.29, 0.717) is 0 Å². The molecule has 2 N–H and O–H groups in total. The monoisotopic (exact) mass is 241 g/mol. The Hall–Kier alpha value is -0.830. The average molecular weight is 241 g/mol. The first-order valence-electron chi connectivity index (χ1n) is 6.96. The molecule has 0 aliphatic rings. The van der Waals surface area contributed by atoms with Gasteiger partial charge in [0.15, 0.2) is 0 Å². The quantitative estimate of drug-likeness (QED) is 0.250. The second kappa shape index (κ2) is 11.6. The molecule has 100 valence electrons. The Morgan fingerprint density at radius 1 is 1.24 bits per heavy atom. The molecule has 0 radical (unpaired) electrons. The van der Waals surface area contributed by atoms with E-state index >= 15 is 0 Å². The lowest BCUT2D eigenvalue weighted by molar-refractivity contribution is -0.627. The molecule has 0 spiro atoms. The molecular formula is C14H31N3+2. The molecule has 0 rings (SSSR count). The van der Waals surface area contributed by atoms with Gasteiger partial charge in [0.25, 0.3) is 0 Å². The minimum Gasteiger partial charge on any atom is -0.349 e. The van der Waals surface area contributed by atoms with E-state index in [-0.39, 0.29) is 0 Å². The van der Waals surface area contributed by atoms with E-state index in [2.05, 4.69) is 48.7 Å². The third kappa shape index (κ3) is 10.1. The number of quaternary nitrogens is 1. The van der Waals surface area contributed by atoms with Crippen molar-refractivity contribution < 1.29 is 9.89 Å². The highest BCUT2D eigenvalue weighted by molar-refractivity contribution is 5.50. The van der Waals surface area contributed by atoms with Gasteiger partial charge in [-0.3, -0.25) is 4.58 Å². The Kier molecular flexibility index (Phi) is 11.1. The second-order valence-electron chi connectivity index (χ2n) is 4.63. The molecular weight excluding hydrogens is 210 g/mol. The molecule has 0 atom stereocenters. The SMILES string of the molecule is C=CN(C=[N+](C)CCCCC[NH2+]C)CCCC. The zero-order valence-electron chi connectivity index (χ0n) is 12.0. The van der Waals surface area contributed by atoms with E-state index in [9.17, 15) is 0 Å². The van der Waals surface area contributed by atoms with E-state index in [4.69, 9.17) is 0 Å². The summed E-state index contributed by atoms with van der Waals surface area (Å²) in [5.74, 6) is 0. The number of nitrogens with zero attached hydrogens (tertiary/aromatic N) is 2. The van der Waals surface area contributed by atoms with Crippen LogP contribution in [0.15, 0.2) is 12.8 Å². The molecule has 0 aromatic heterocycles. The summed E-state index contributed by atoms with van der Waals surface area (Å²) in [5, 5.41) is 2.25. The maximum absolute atomic E-state index is 3.85. The third-order valence-electron chi connectivity index (χ3n) is 2.85. The van der Waals surface area contributed by atoms with Crippen LogP contribution in [-0.2, 0) is 0 Å². The maximum atomic E-state index is 3.85. The van der Waals surface area contributed by atoms with Crippen LogP contribution in [0.3, 0.4) is 0 Å². The molecule has 17 heavy (non-hydrogen) atoms. The summed E-state index contributed by atoms with van der Waals surface area (Å²) >= 11 is 0. The van der Waals surface area contributed by atoms with Crippen LogP contribution in [0.5, 0.6) is 0 Å². The summed E-state index contributed by atoms with van der Waals surface area (Å²) in [6.45, 7) is 9.54. The van der Waals surface area contributed by atoms with Gasteiger partial charge in [-0.15, -0.1) is 0 Å². The Labute approximate surface area is 107 Å². The van der Waals surface area contributed by atoms with Crippen LogP contribution in [0.2, 0.25) is 0 Å². The van der Waals surface area contributed by atoms with Crippen LogP contribution >= 0.6 is 0 Å². The van der Waals surface area contributed by atoms with Crippen molar-refractivity contribution in [3.8, 4) is 0 Å². The summed E-state index contributed by atoms with van der Waals surface area (Å²) in [4.78, 5) is 2.18. The van der Waals surface area contributed by atoms with Gasteiger partial charge in [-0.05, 0) is 25.7 Å². The van der Waals surface area contributed by atoms with Gasteiger partial charge >= 0.3 is 0 Å². The van der Waals surface area contributed by atoms with Crippen molar-refractivity contribution >= 4 is 6.34 Å². The fourth-order valence-electron chi connectivity index (χ4n) is 1.73. The van der Waals surface area contributed by atoms with Gasteiger partial charge in [-0.2, -0.15) is 0 Å². The van der Waals surface area contributed by atoms with Gasteiger partial charge in [0, 0.05) is 0 Å². The lowest BCUT2D eigenvalue weighted by atomic mass is 10.2. The fourth-order valence-corrected chi connectivity index (χ4v) is 1.73. The molecule has 0 bridgehead atoms. The average Bonchev–Trinajstić information content (AvgIpc) is 2.34. The van der Waals surface area contributed by atoms with Crippen molar-refractivity contribution in [1.29, 1.82) is 0 Å². The first kappa shape index (κ1) is 16.2. The Morgan fingerprint density at radius 2 is 2.00 bits per heavy atom. The number of unbranched alkanes of at least 4 members (excludes halogenated alkanes) is 3. The third-order valence-corrected chi connectivity index (χ3v) is 2.85. The summed E-state index contributed by atoms with van der Waals surface area (Å²) in [6.07, 6.45) is 10.5. The normalized spacial score (nSPS) is 11.6. The highest BCUT2D eigenvalue weighted by Gasteiger charge is 2.02. The summed E-state index contributed by atoms with van der Waals surface area (Å²) in [5.41, 5.74) is 0. The number of hydrogen-bond donors (Lipinski definition) is 1. The molecule has 0 saturated heterocycles.